The minimum Gasteiger partial charge on any atom is -0.406 e. The van der Waals surface area contributed by atoms with Crippen LogP contribution >= 0.6 is 0 Å². The van der Waals surface area contributed by atoms with Crippen LogP contribution < -0.4 is 0 Å². The molecule has 2 aromatic rings. The van der Waals surface area contributed by atoms with Gasteiger partial charge in [0.25, 0.3) is 0 Å². The Morgan fingerprint density at radius 2 is 1.46 bits per heavy atom. The molecule has 0 saturated carbocycles. The van der Waals surface area contributed by atoms with E-state index in [0.29, 0.717) is 6.04 Å². The third kappa shape index (κ3) is 2.42. The molecule has 2 heterocycles. The molecular weight excluding hydrogens is 293 g/mol. The van der Waals surface area contributed by atoms with Crippen LogP contribution in [0.4, 0.5) is 0 Å². The molecule has 2 aliphatic rings. The maximum Gasteiger partial charge on any atom is 0.380 e. The Morgan fingerprint density at radius 1 is 0.917 bits per heavy atom. The van der Waals surface area contributed by atoms with Gasteiger partial charge in [-0.25, -0.2) is 0 Å². The Labute approximate surface area is 146 Å². The van der Waals surface area contributed by atoms with Crippen molar-refractivity contribution < 1.29 is 4.65 Å². The summed E-state index contributed by atoms with van der Waals surface area (Å²) in [5.41, 5.74) is 4.83. The van der Waals surface area contributed by atoms with Gasteiger partial charge in [-0.1, -0.05) is 66.1 Å². The summed E-state index contributed by atoms with van der Waals surface area (Å²) < 4.78 is 6.77. The van der Waals surface area contributed by atoms with E-state index in [2.05, 4.69) is 74.0 Å². The number of nitrogens with zero attached hydrogens (tertiary/aromatic N) is 1. The molecule has 2 fully saturated rings. The van der Waals surface area contributed by atoms with E-state index in [4.69, 9.17) is 4.65 Å². The molecule has 2 aliphatic heterocycles. The Morgan fingerprint density at radius 3 is 2.00 bits per heavy atom. The van der Waals surface area contributed by atoms with E-state index in [9.17, 15) is 0 Å². The molecule has 0 aliphatic carbocycles. The lowest BCUT2D eigenvalue weighted by molar-refractivity contribution is 0.0825. The minimum absolute atomic E-state index is 0.165. The Bertz CT molecular complexity index is 664. The summed E-state index contributed by atoms with van der Waals surface area (Å²) in [7, 11) is 0.165. The monoisotopic (exact) mass is 319 g/mol. The van der Waals surface area contributed by atoms with E-state index in [-0.39, 0.29) is 12.7 Å². The summed E-state index contributed by atoms with van der Waals surface area (Å²) in [5, 5.41) is 0. The molecule has 1 atom stereocenters. The van der Waals surface area contributed by atoms with Crippen molar-refractivity contribution in [3.8, 4) is 0 Å². The van der Waals surface area contributed by atoms with Crippen LogP contribution in [-0.2, 0) is 10.3 Å². The van der Waals surface area contributed by atoms with Crippen molar-refractivity contribution in [3.05, 3.63) is 70.8 Å². The van der Waals surface area contributed by atoms with Gasteiger partial charge in [-0.15, -0.1) is 0 Å². The van der Waals surface area contributed by atoms with E-state index < -0.39 is 0 Å². The molecule has 2 nitrogen and oxygen atoms in total. The molecule has 0 aromatic heterocycles. The van der Waals surface area contributed by atoms with E-state index in [0.717, 1.165) is 6.54 Å². The van der Waals surface area contributed by atoms with E-state index >= 15 is 0 Å². The second-order valence-corrected chi connectivity index (χ2v) is 7.43. The Balaban J connectivity index is 1.89. The van der Waals surface area contributed by atoms with Gasteiger partial charge < -0.3 is 9.47 Å². The smallest absolute Gasteiger partial charge is 0.380 e. The minimum atomic E-state index is -0.346. The summed E-state index contributed by atoms with van der Waals surface area (Å²) in [6, 6.07) is 18.3. The third-order valence-corrected chi connectivity index (χ3v) is 5.80. The highest BCUT2D eigenvalue weighted by Gasteiger charge is 2.55. The average Bonchev–Trinajstić information content (AvgIpc) is 2.91. The van der Waals surface area contributed by atoms with Gasteiger partial charge in [0, 0.05) is 6.04 Å². The predicted molar refractivity (Wildman–Crippen MR) is 100 cm³/mol. The van der Waals surface area contributed by atoms with Gasteiger partial charge in [-0.05, 0) is 51.2 Å². The first-order valence-corrected chi connectivity index (χ1v) is 9.19. The standard InChI is InChI=1S/C21H26BNO/c1-16-7-11-18(12-8-16)21(19-13-9-17(2)10-14-19)20-6-4-5-15-23(20)22(3)24-21/h7-14,20H,4-6,15H2,1-3H3/t20-/m0/s1. The number of aryl methyl sites for hydroxylation is 2. The van der Waals surface area contributed by atoms with Crippen molar-refractivity contribution in [2.24, 2.45) is 0 Å². The van der Waals surface area contributed by atoms with Crippen molar-refractivity contribution in [2.75, 3.05) is 6.54 Å². The summed E-state index contributed by atoms with van der Waals surface area (Å²) in [4.78, 5) is 2.57. The lowest BCUT2D eigenvalue weighted by Gasteiger charge is -2.41. The number of hydrogen-bond acceptors (Lipinski definition) is 2. The van der Waals surface area contributed by atoms with Gasteiger partial charge in [0.1, 0.15) is 5.60 Å². The summed E-state index contributed by atoms with van der Waals surface area (Å²) >= 11 is 0. The fourth-order valence-electron chi connectivity index (χ4n) is 4.53. The van der Waals surface area contributed by atoms with Gasteiger partial charge in [0.15, 0.2) is 0 Å². The first kappa shape index (κ1) is 15.9. The zero-order valence-electron chi connectivity index (χ0n) is 15.0. The summed E-state index contributed by atoms with van der Waals surface area (Å²) in [5.74, 6) is 0. The summed E-state index contributed by atoms with van der Waals surface area (Å²) in [6.07, 6.45) is 3.77. The Hall–Kier alpha value is -1.58. The topological polar surface area (TPSA) is 12.5 Å². The van der Waals surface area contributed by atoms with Crippen LogP contribution in [0.5, 0.6) is 0 Å². The van der Waals surface area contributed by atoms with Crippen molar-refractivity contribution in [1.29, 1.82) is 0 Å². The van der Waals surface area contributed by atoms with Gasteiger partial charge >= 0.3 is 7.05 Å². The first-order chi connectivity index (χ1) is 11.6. The summed E-state index contributed by atoms with van der Waals surface area (Å²) in [6.45, 7) is 7.65. The molecule has 0 spiro atoms. The third-order valence-electron chi connectivity index (χ3n) is 5.80. The molecular formula is C21H26BNO. The highest BCUT2D eigenvalue weighted by molar-refractivity contribution is 6.48. The molecule has 4 rings (SSSR count). The van der Waals surface area contributed by atoms with Crippen LogP contribution in [-0.4, -0.2) is 24.4 Å². The predicted octanol–water partition coefficient (Wildman–Crippen LogP) is 4.55. The van der Waals surface area contributed by atoms with Gasteiger partial charge in [0.05, 0.1) is 0 Å². The molecule has 0 N–H and O–H groups in total. The second-order valence-electron chi connectivity index (χ2n) is 7.43. The zero-order valence-corrected chi connectivity index (χ0v) is 15.0. The molecule has 3 heteroatoms. The number of benzene rings is 2. The molecule has 124 valence electrons. The lowest BCUT2D eigenvalue weighted by atomic mass is 9.76. The molecule has 0 amide bonds. The van der Waals surface area contributed by atoms with Crippen LogP contribution in [0.15, 0.2) is 48.5 Å². The average molecular weight is 319 g/mol. The molecule has 0 unspecified atom stereocenters. The molecule has 0 bridgehead atoms. The lowest BCUT2D eigenvalue weighted by Crippen LogP contribution is -2.47. The van der Waals surface area contributed by atoms with Crippen LogP contribution in [0, 0.1) is 13.8 Å². The van der Waals surface area contributed by atoms with Crippen LogP contribution in [0.25, 0.3) is 0 Å². The zero-order chi connectivity index (χ0) is 16.7. The molecule has 24 heavy (non-hydrogen) atoms. The van der Waals surface area contributed by atoms with E-state index in [1.165, 1.54) is 41.5 Å². The quantitative estimate of drug-likeness (QED) is 0.753. The molecule has 0 radical (unpaired) electrons. The Kier molecular flexibility index (Phi) is 4.02. The van der Waals surface area contributed by atoms with E-state index in [1.54, 1.807) is 0 Å². The second kappa shape index (κ2) is 6.05. The fraction of sp³-hybridized carbons (Fsp3) is 0.429. The fourth-order valence-corrected chi connectivity index (χ4v) is 4.53. The number of piperidine rings is 1. The number of fused-ring (bicyclic) bond motifs is 1. The number of hydrogen-bond donors (Lipinski definition) is 0. The van der Waals surface area contributed by atoms with E-state index in [1.807, 2.05) is 0 Å². The van der Waals surface area contributed by atoms with Crippen molar-refractivity contribution in [1.82, 2.24) is 4.81 Å². The maximum atomic E-state index is 6.77. The van der Waals surface area contributed by atoms with Gasteiger partial charge in [0.2, 0.25) is 0 Å². The first-order valence-electron chi connectivity index (χ1n) is 9.19. The van der Waals surface area contributed by atoms with Crippen molar-refractivity contribution in [2.45, 2.75) is 51.6 Å². The maximum absolute atomic E-state index is 6.77. The van der Waals surface area contributed by atoms with Crippen LogP contribution in [0.2, 0.25) is 6.82 Å². The normalized spacial score (nSPS) is 23.3. The van der Waals surface area contributed by atoms with Crippen LogP contribution in [0.3, 0.4) is 0 Å². The van der Waals surface area contributed by atoms with Crippen molar-refractivity contribution >= 4 is 7.05 Å². The van der Waals surface area contributed by atoms with Gasteiger partial charge in [-0.3, -0.25) is 0 Å². The largest absolute Gasteiger partial charge is 0.406 e. The van der Waals surface area contributed by atoms with Crippen LogP contribution in [0.1, 0.15) is 41.5 Å². The van der Waals surface area contributed by atoms with Gasteiger partial charge in [-0.2, -0.15) is 0 Å². The molecule has 2 aromatic carbocycles. The highest BCUT2D eigenvalue weighted by atomic mass is 16.5. The van der Waals surface area contributed by atoms with Crippen molar-refractivity contribution in [3.63, 3.8) is 0 Å². The molecule has 2 saturated heterocycles. The SMILES string of the molecule is CB1OC(c2ccc(C)cc2)(c2ccc(C)cc2)[C@@H]2CCCCN12. The number of rotatable bonds is 2. The highest BCUT2D eigenvalue weighted by Crippen LogP contribution is 2.48.